The highest BCUT2D eigenvalue weighted by Crippen LogP contribution is 2.17. The van der Waals surface area contributed by atoms with E-state index in [9.17, 15) is 8.42 Å². The van der Waals surface area contributed by atoms with Gasteiger partial charge < -0.3 is 5.11 Å². The molecule has 0 saturated carbocycles. The van der Waals surface area contributed by atoms with Crippen molar-refractivity contribution in [1.82, 2.24) is 9.71 Å². The Kier molecular flexibility index (Phi) is 5.32. The van der Waals surface area contributed by atoms with Crippen molar-refractivity contribution >= 4 is 21.6 Å². The Hall–Kier alpha value is -0.690. The molecular formula is C10H15ClN2O3S. The van der Waals surface area contributed by atoms with Gasteiger partial charge in [0, 0.05) is 12.7 Å². The van der Waals surface area contributed by atoms with Gasteiger partial charge >= 0.3 is 0 Å². The first kappa shape index (κ1) is 14.4. The van der Waals surface area contributed by atoms with E-state index >= 15 is 0 Å². The van der Waals surface area contributed by atoms with Gasteiger partial charge in [0.25, 0.3) is 0 Å². The SMILES string of the molecule is CC(O)CCCNS(=O)(=O)c1cccnc1Cl. The van der Waals surface area contributed by atoms with E-state index < -0.39 is 16.1 Å². The van der Waals surface area contributed by atoms with Crippen molar-refractivity contribution in [3.63, 3.8) is 0 Å². The van der Waals surface area contributed by atoms with Crippen LogP contribution in [0.15, 0.2) is 23.2 Å². The monoisotopic (exact) mass is 278 g/mol. The van der Waals surface area contributed by atoms with Gasteiger partial charge in [-0.25, -0.2) is 18.1 Å². The maximum Gasteiger partial charge on any atom is 0.243 e. The topological polar surface area (TPSA) is 79.3 Å². The van der Waals surface area contributed by atoms with Crippen LogP contribution in [0.4, 0.5) is 0 Å². The maximum atomic E-state index is 11.8. The van der Waals surface area contributed by atoms with Crippen LogP contribution in [0, 0.1) is 0 Å². The number of halogens is 1. The van der Waals surface area contributed by atoms with Crippen LogP contribution in [0.3, 0.4) is 0 Å². The van der Waals surface area contributed by atoms with Gasteiger partial charge in [-0.3, -0.25) is 0 Å². The number of aliphatic hydroxyl groups excluding tert-OH is 1. The van der Waals surface area contributed by atoms with Crippen LogP contribution in [0.25, 0.3) is 0 Å². The summed E-state index contributed by atoms with van der Waals surface area (Å²) in [5.41, 5.74) is 0. The lowest BCUT2D eigenvalue weighted by Crippen LogP contribution is -2.25. The third-order valence-corrected chi connectivity index (χ3v) is 4.01. The third-order valence-electron chi connectivity index (χ3n) is 2.11. The van der Waals surface area contributed by atoms with Crippen LogP contribution in [0.5, 0.6) is 0 Å². The maximum absolute atomic E-state index is 11.8. The zero-order chi connectivity index (χ0) is 12.9. The molecule has 17 heavy (non-hydrogen) atoms. The van der Waals surface area contributed by atoms with Gasteiger partial charge in [0.05, 0.1) is 6.10 Å². The molecule has 0 aliphatic carbocycles. The largest absolute Gasteiger partial charge is 0.393 e. The molecule has 1 aromatic rings. The van der Waals surface area contributed by atoms with E-state index in [-0.39, 0.29) is 16.6 Å². The molecule has 1 rings (SSSR count). The Morgan fingerprint density at radius 3 is 2.88 bits per heavy atom. The summed E-state index contributed by atoms with van der Waals surface area (Å²) in [6, 6.07) is 2.91. The molecule has 96 valence electrons. The third kappa shape index (κ3) is 4.59. The Bertz CT molecular complexity index is 462. The fourth-order valence-electron chi connectivity index (χ4n) is 1.25. The van der Waals surface area contributed by atoms with E-state index in [1.54, 1.807) is 6.92 Å². The highest BCUT2D eigenvalue weighted by molar-refractivity contribution is 7.89. The molecular weight excluding hydrogens is 264 g/mol. The summed E-state index contributed by atoms with van der Waals surface area (Å²) in [5, 5.41) is 8.99. The van der Waals surface area contributed by atoms with Crippen LogP contribution < -0.4 is 4.72 Å². The van der Waals surface area contributed by atoms with Crippen molar-refractivity contribution in [3.05, 3.63) is 23.5 Å². The molecule has 1 heterocycles. The molecule has 0 bridgehead atoms. The number of sulfonamides is 1. The Balaban J connectivity index is 2.61. The van der Waals surface area contributed by atoms with Gasteiger partial charge in [-0.15, -0.1) is 0 Å². The van der Waals surface area contributed by atoms with E-state index in [1.807, 2.05) is 0 Å². The predicted octanol–water partition coefficient (Wildman–Crippen LogP) is 1.17. The van der Waals surface area contributed by atoms with Crippen molar-refractivity contribution in [1.29, 1.82) is 0 Å². The fraction of sp³-hybridized carbons (Fsp3) is 0.500. The predicted molar refractivity (Wildman–Crippen MR) is 65.4 cm³/mol. The normalized spacial score (nSPS) is 13.6. The molecule has 5 nitrogen and oxygen atoms in total. The number of nitrogens with one attached hydrogen (secondary N) is 1. The number of hydrogen-bond donors (Lipinski definition) is 2. The van der Waals surface area contributed by atoms with Crippen LogP contribution in [0.2, 0.25) is 5.15 Å². The Morgan fingerprint density at radius 2 is 2.29 bits per heavy atom. The quantitative estimate of drug-likeness (QED) is 0.605. The summed E-state index contributed by atoms with van der Waals surface area (Å²) < 4.78 is 26.0. The van der Waals surface area contributed by atoms with Gasteiger partial charge in [0.1, 0.15) is 10.0 Å². The van der Waals surface area contributed by atoms with Gasteiger partial charge in [0.2, 0.25) is 10.0 Å². The van der Waals surface area contributed by atoms with Crippen LogP contribution in [0.1, 0.15) is 19.8 Å². The molecule has 0 saturated heterocycles. The number of aliphatic hydroxyl groups is 1. The van der Waals surface area contributed by atoms with Gasteiger partial charge in [-0.1, -0.05) is 11.6 Å². The van der Waals surface area contributed by atoms with Gasteiger partial charge in [-0.2, -0.15) is 0 Å². The van der Waals surface area contributed by atoms with Crippen LogP contribution >= 0.6 is 11.6 Å². The van der Waals surface area contributed by atoms with Crippen molar-refractivity contribution in [2.45, 2.75) is 30.8 Å². The molecule has 1 aromatic heterocycles. The average molecular weight is 279 g/mol. The van der Waals surface area contributed by atoms with E-state index in [0.29, 0.717) is 12.8 Å². The first-order chi connectivity index (χ1) is 7.93. The smallest absolute Gasteiger partial charge is 0.243 e. The van der Waals surface area contributed by atoms with Crippen LogP contribution in [-0.4, -0.2) is 31.2 Å². The summed E-state index contributed by atoms with van der Waals surface area (Å²) in [7, 11) is -3.61. The van der Waals surface area contributed by atoms with E-state index in [2.05, 4.69) is 9.71 Å². The van der Waals surface area contributed by atoms with E-state index in [0.717, 1.165) is 0 Å². The molecule has 1 atom stereocenters. The molecule has 0 aromatic carbocycles. The van der Waals surface area contributed by atoms with E-state index in [1.165, 1.54) is 18.3 Å². The van der Waals surface area contributed by atoms with Crippen molar-refractivity contribution < 1.29 is 13.5 Å². The number of rotatable bonds is 6. The standard InChI is InChI=1S/C10H15ClN2O3S/c1-8(14)4-2-7-13-17(15,16)9-5-3-6-12-10(9)11/h3,5-6,8,13-14H,2,4,7H2,1H3. The van der Waals surface area contributed by atoms with Crippen molar-refractivity contribution in [2.24, 2.45) is 0 Å². The highest BCUT2D eigenvalue weighted by Gasteiger charge is 2.17. The number of nitrogens with zero attached hydrogens (tertiary/aromatic N) is 1. The Morgan fingerprint density at radius 1 is 1.59 bits per heavy atom. The second-order valence-electron chi connectivity index (χ2n) is 3.68. The fourth-order valence-corrected chi connectivity index (χ4v) is 2.78. The van der Waals surface area contributed by atoms with Gasteiger partial charge in [0.15, 0.2) is 0 Å². The molecule has 2 N–H and O–H groups in total. The molecule has 1 unspecified atom stereocenters. The summed E-state index contributed by atoms with van der Waals surface area (Å²) >= 11 is 5.70. The van der Waals surface area contributed by atoms with Gasteiger partial charge in [-0.05, 0) is 31.9 Å². The molecule has 0 radical (unpaired) electrons. The second kappa shape index (κ2) is 6.30. The lowest BCUT2D eigenvalue weighted by molar-refractivity contribution is 0.182. The summed E-state index contributed by atoms with van der Waals surface area (Å²) in [6.07, 6.45) is 2.11. The molecule has 0 fully saturated rings. The molecule has 0 aliphatic heterocycles. The number of aromatic nitrogens is 1. The highest BCUT2D eigenvalue weighted by atomic mass is 35.5. The zero-order valence-electron chi connectivity index (χ0n) is 9.43. The first-order valence-corrected chi connectivity index (χ1v) is 7.08. The molecule has 0 amide bonds. The summed E-state index contributed by atoms with van der Waals surface area (Å²) in [5.74, 6) is 0. The minimum atomic E-state index is -3.61. The summed E-state index contributed by atoms with van der Waals surface area (Å²) in [4.78, 5) is 3.68. The van der Waals surface area contributed by atoms with Crippen molar-refractivity contribution in [3.8, 4) is 0 Å². The average Bonchev–Trinajstić information content (AvgIpc) is 2.24. The Labute approximate surface area is 106 Å². The summed E-state index contributed by atoms with van der Waals surface area (Å²) in [6.45, 7) is 1.92. The zero-order valence-corrected chi connectivity index (χ0v) is 11.0. The number of pyridine rings is 1. The minimum absolute atomic E-state index is 0.0290. The molecule has 0 aliphatic rings. The molecule has 7 heteroatoms. The van der Waals surface area contributed by atoms with Crippen LogP contribution in [-0.2, 0) is 10.0 Å². The number of hydrogen-bond acceptors (Lipinski definition) is 4. The molecule has 0 spiro atoms. The minimum Gasteiger partial charge on any atom is -0.393 e. The van der Waals surface area contributed by atoms with Crippen molar-refractivity contribution in [2.75, 3.05) is 6.54 Å². The lowest BCUT2D eigenvalue weighted by Gasteiger charge is -2.08. The van der Waals surface area contributed by atoms with E-state index in [4.69, 9.17) is 16.7 Å². The lowest BCUT2D eigenvalue weighted by atomic mass is 10.2. The first-order valence-electron chi connectivity index (χ1n) is 5.22. The second-order valence-corrected chi connectivity index (χ2v) is 5.77.